The van der Waals surface area contributed by atoms with Gasteiger partial charge in [-0.1, -0.05) is 23.2 Å². The second kappa shape index (κ2) is 6.95. The molecule has 108 valence electrons. The largest absolute Gasteiger partial charge is 0.452 e. The van der Waals surface area contributed by atoms with Gasteiger partial charge < -0.3 is 9.64 Å². The van der Waals surface area contributed by atoms with Gasteiger partial charge in [0.1, 0.15) is 0 Å². The number of piperidine rings is 1. The highest BCUT2D eigenvalue weighted by Crippen LogP contribution is 2.22. The molecule has 1 aliphatic rings. The number of halogens is 2. The Hall–Kier alpha value is -1.26. The third-order valence-corrected chi connectivity index (χ3v) is 3.93. The first-order valence-corrected chi connectivity index (χ1v) is 7.23. The van der Waals surface area contributed by atoms with E-state index in [0.29, 0.717) is 5.02 Å². The van der Waals surface area contributed by atoms with Crippen LogP contribution in [0.4, 0.5) is 0 Å². The van der Waals surface area contributed by atoms with Crippen LogP contribution in [-0.2, 0) is 9.53 Å². The summed E-state index contributed by atoms with van der Waals surface area (Å²) in [6.45, 7) is 1.24. The summed E-state index contributed by atoms with van der Waals surface area (Å²) in [7, 11) is 0. The molecular weight excluding hydrogens is 301 g/mol. The van der Waals surface area contributed by atoms with Crippen LogP contribution in [0.2, 0.25) is 10.0 Å². The quantitative estimate of drug-likeness (QED) is 0.805. The smallest absolute Gasteiger partial charge is 0.338 e. The van der Waals surface area contributed by atoms with Gasteiger partial charge in [0.05, 0.1) is 15.6 Å². The standard InChI is InChI=1S/C14H15Cl2NO3/c15-11-5-4-10(8-12(11)16)14(19)20-9-13(18)17-6-2-1-3-7-17/h4-5,8H,1-3,6-7,9H2. The van der Waals surface area contributed by atoms with Gasteiger partial charge in [-0.15, -0.1) is 0 Å². The monoisotopic (exact) mass is 315 g/mol. The fraction of sp³-hybridized carbons (Fsp3) is 0.429. The molecule has 0 N–H and O–H groups in total. The van der Waals surface area contributed by atoms with Gasteiger partial charge in [-0.25, -0.2) is 4.79 Å². The van der Waals surface area contributed by atoms with Crippen LogP contribution in [0.5, 0.6) is 0 Å². The van der Waals surface area contributed by atoms with Crippen molar-refractivity contribution in [1.82, 2.24) is 4.90 Å². The van der Waals surface area contributed by atoms with Crippen LogP contribution in [-0.4, -0.2) is 36.5 Å². The highest BCUT2D eigenvalue weighted by atomic mass is 35.5. The van der Waals surface area contributed by atoms with Crippen LogP contribution in [0.3, 0.4) is 0 Å². The first-order valence-electron chi connectivity index (χ1n) is 6.48. The SMILES string of the molecule is O=C(OCC(=O)N1CCCCC1)c1ccc(Cl)c(Cl)c1. The van der Waals surface area contributed by atoms with E-state index in [9.17, 15) is 9.59 Å². The van der Waals surface area contributed by atoms with Gasteiger partial charge in [0.25, 0.3) is 5.91 Å². The third-order valence-electron chi connectivity index (χ3n) is 3.19. The lowest BCUT2D eigenvalue weighted by Crippen LogP contribution is -2.38. The Bertz CT molecular complexity index is 513. The van der Waals surface area contributed by atoms with Gasteiger partial charge in [0, 0.05) is 13.1 Å². The van der Waals surface area contributed by atoms with Crippen LogP contribution in [0.15, 0.2) is 18.2 Å². The molecule has 2 rings (SSSR count). The second-order valence-electron chi connectivity index (χ2n) is 4.65. The van der Waals surface area contributed by atoms with Crippen molar-refractivity contribution in [1.29, 1.82) is 0 Å². The minimum atomic E-state index is -0.575. The molecule has 4 nitrogen and oxygen atoms in total. The van der Waals surface area contributed by atoms with Crippen LogP contribution in [0.25, 0.3) is 0 Å². The lowest BCUT2D eigenvalue weighted by Gasteiger charge is -2.26. The van der Waals surface area contributed by atoms with Crippen LogP contribution in [0.1, 0.15) is 29.6 Å². The number of rotatable bonds is 3. The molecule has 0 atom stereocenters. The summed E-state index contributed by atoms with van der Waals surface area (Å²) < 4.78 is 5.01. The van der Waals surface area contributed by atoms with Crippen molar-refractivity contribution < 1.29 is 14.3 Å². The second-order valence-corrected chi connectivity index (χ2v) is 5.46. The molecule has 0 spiro atoms. The number of hydrogen-bond donors (Lipinski definition) is 0. The summed E-state index contributed by atoms with van der Waals surface area (Å²) >= 11 is 11.6. The van der Waals surface area contributed by atoms with Crippen molar-refractivity contribution in [2.75, 3.05) is 19.7 Å². The molecule has 1 aliphatic heterocycles. The predicted molar refractivity (Wildman–Crippen MR) is 77.2 cm³/mol. The maximum absolute atomic E-state index is 11.9. The van der Waals surface area contributed by atoms with Crippen molar-refractivity contribution in [3.63, 3.8) is 0 Å². The van der Waals surface area contributed by atoms with Crippen LogP contribution in [0, 0.1) is 0 Å². The molecule has 1 heterocycles. The van der Waals surface area contributed by atoms with E-state index < -0.39 is 5.97 Å². The Morgan fingerprint density at radius 2 is 1.80 bits per heavy atom. The number of carbonyl (C=O) groups excluding carboxylic acids is 2. The van der Waals surface area contributed by atoms with Gasteiger partial charge in [0.15, 0.2) is 6.61 Å². The Labute approximate surface area is 127 Å². The maximum atomic E-state index is 11.9. The topological polar surface area (TPSA) is 46.6 Å². The highest BCUT2D eigenvalue weighted by molar-refractivity contribution is 6.42. The van der Waals surface area contributed by atoms with Gasteiger partial charge in [-0.2, -0.15) is 0 Å². The third kappa shape index (κ3) is 3.87. The summed E-state index contributed by atoms with van der Waals surface area (Å²) in [6.07, 6.45) is 3.16. The number of nitrogens with zero attached hydrogens (tertiary/aromatic N) is 1. The zero-order chi connectivity index (χ0) is 14.5. The maximum Gasteiger partial charge on any atom is 0.338 e. The van der Waals surface area contributed by atoms with Crippen LogP contribution < -0.4 is 0 Å². The number of amides is 1. The minimum absolute atomic E-state index is 0.155. The molecule has 0 saturated carbocycles. The molecule has 1 fully saturated rings. The summed E-state index contributed by atoms with van der Waals surface area (Å²) in [5.41, 5.74) is 0.283. The molecule has 0 bridgehead atoms. The Morgan fingerprint density at radius 3 is 2.45 bits per heavy atom. The van der Waals surface area contributed by atoms with Crippen molar-refractivity contribution in [3.05, 3.63) is 33.8 Å². The van der Waals surface area contributed by atoms with E-state index in [4.69, 9.17) is 27.9 Å². The number of benzene rings is 1. The van der Waals surface area contributed by atoms with E-state index in [1.54, 1.807) is 4.90 Å². The Balaban J connectivity index is 1.88. The molecule has 1 aromatic rings. The highest BCUT2D eigenvalue weighted by Gasteiger charge is 2.18. The van der Waals surface area contributed by atoms with Gasteiger partial charge in [-0.05, 0) is 37.5 Å². The molecule has 1 saturated heterocycles. The van der Waals surface area contributed by atoms with E-state index in [2.05, 4.69) is 0 Å². The molecule has 1 amide bonds. The number of esters is 1. The van der Waals surface area contributed by atoms with Crippen LogP contribution >= 0.6 is 23.2 Å². The van der Waals surface area contributed by atoms with Crippen molar-refractivity contribution >= 4 is 35.1 Å². The number of hydrogen-bond acceptors (Lipinski definition) is 3. The molecule has 20 heavy (non-hydrogen) atoms. The fourth-order valence-electron chi connectivity index (χ4n) is 2.07. The molecule has 0 radical (unpaired) electrons. The first kappa shape index (κ1) is 15.1. The van der Waals surface area contributed by atoms with Gasteiger partial charge >= 0.3 is 5.97 Å². The summed E-state index contributed by atoms with van der Waals surface area (Å²) in [5.74, 6) is -0.730. The zero-order valence-corrected chi connectivity index (χ0v) is 12.4. The normalized spacial score (nSPS) is 15.0. The molecule has 0 aliphatic carbocycles. The fourth-order valence-corrected chi connectivity index (χ4v) is 2.37. The van der Waals surface area contributed by atoms with E-state index in [0.717, 1.165) is 32.4 Å². The average Bonchev–Trinajstić information content (AvgIpc) is 2.48. The van der Waals surface area contributed by atoms with Crippen molar-refractivity contribution in [3.8, 4) is 0 Å². The zero-order valence-electron chi connectivity index (χ0n) is 10.9. The molecule has 6 heteroatoms. The van der Waals surface area contributed by atoms with E-state index in [-0.39, 0.29) is 23.1 Å². The predicted octanol–water partition coefficient (Wildman–Crippen LogP) is 3.16. The molecular formula is C14H15Cl2NO3. The molecule has 1 aromatic carbocycles. The van der Waals surface area contributed by atoms with Crippen molar-refractivity contribution in [2.45, 2.75) is 19.3 Å². The average molecular weight is 316 g/mol. The summed E-state index contributed by atoms with van der Waals surface area (Å²) in [6, 6.07) is 4.46. The van der Waals surface area contributed by atoms with Crippen molar-refractivity contribution in [2.24, 2.45) is 0 Å². The molecule has 0 unspecified atom stereocenters. The van der Waals surface area contributed by atoms with Gasteiger partial charge in [0.2, 0.25) is 0 Å². The lowest BCUT2D eigenvalue weighted by atomic mass is 10.1. The number of carbonyl (C=O) groups is 2. The number of ether oxygens (including phenoxy) is 1. The Morgan fingerprint density at radius 1 is 1.10 bits per heavy atom. The first-order chi connectivity index (χ1) is 9.58. The molecule has 0 aromatic heterocycles. The van der Waals surface area contributed by atoms with E-state index >= 15 is 0 Å². The van der Waals surface area contributed by atoms with E-state index in [1.165, 1.54) is 18.2 Å². The van der Waals surface area contributed by atoms with E-state index in [1.807, 2.05) is 0 Å². The minimum Gasteiger partial charge on any atom is -0.452 e. The van der Waals surface area contributed by atoms with Gasteiger partial charge in [-0.3, -0.25) is 4.79 Å². The number of likely N-dealkylation sites (tertiary alicyclic amines) is 1. The lowest BCUT2D eigenvalue weighted by molar-refractivity contribution is -0.135. The Kier molecular flexibility index (Phi) is 5.26. The summed E-state index contributed by atoms with van der Waals surface area (Å²) in [5, 5.41) is 0.649. The summed E-state index contributed by atoms with van der Waals surface area (Å²) in [4.78, 5) is 25.4.